The first-order chi connectivity index (χ1) is 7.34. The van der Waals surface area contributed by atoms with E-state index >= 15 is 0 Å². The molecule has 0 fully saturated rings. The number of nitrogens with one attached hydrogen (secondary N) is 1. The van der Waals surface area contributed by atoms with Gasteiger partial charge in [-0.05, 0) is 54.0 Å². The van der Waals surface area contributed by atoms with Gasteiger partial charge in [-0.1, -0.05) is 6.92 Å². The van der Waals surface area contributed by atoms with Crippen molar-refractivity contribution < 1.29 is 0 Å². The molecular weight excluding hydrogens is 272 g/mol. The second-order valence-electron chi connectivity index (χ2n) is 3.24. The highest BCUT2D eigenvalue weighted by Crippen LogP contribution is 2.24. The topological polar surface area (TPSA) is 24.9 Å². The molecule has 1 rings (SSSR count). The van der Waals surface area contributed by atoms with Crippen LogP contribution >= 0.6 is 27.7 Å². The van der Waals surface area contributed by atoms with Gasteiger partial charge in [-0.25, -0.2) is 4.98 Å². The molecule has 0 aliphatic rings. The molecule has 1 N–H and O–H groups in total. The van der Waals surface area contributed by atoms with Gasteiger partial charge in [0, 0.05) is 16.4 Å². The Labute approximate surface area is 104 Å². The second kappa shape index (κ2) is 8.13. The number of aromatic nitrogens is 1. The fourth-order valence-electron chi connectivity index (χ4n) is 1.15. The normalized spacial score (nSPS) is 10.5. The summed E-state index contributed by atoms with van der Waals surface area (Å²) in [6.07, 6.45) is 4.23. The van der Waals surface area contributed by atoms with Crippen molar-refractivity contribution in [1.82, 2.24) is 10.3 Å². The maximum Gasteiger partial charge on any atom is 0.110 e. The Kier molecular flexibility index (Phi) is 7.05. The lowest BCUT2D eigenvalue weighted by Gasteiger charge is -2.03. The van der Waals surface area contributed by atoms with Gasteiger partial charge >= 0.3 is 0 Å². The fourth-order valence-corrected chi connectivity index (χ4v) is 2.57. The second-order valence-corrected chi connectivity index (χ2v) is 5.18. The van der Waals surface area contributed by atoms with E-state index in [1.807, 2.05) is 30.1 Å². The molecule has 1 heterocycles. The van der Waals surface area contributed by atoms with E-state index in [2.05, 4.69) is 33.2 Å². The highest BCUT2D eigenvalue weighted by atomic mass is 79.9. The minimum absolute atomic E-state index is 1.09. The predicted molar refractivity (Wildman–Crippen MR) is 70.4 cm³/mol. The van der Waals surface area contributed by atoms with Crippen LogP contribution in [0.2, 0.25) is 0 Å². The molecule has 0 bridgehead atoms. The zero-order valence-corrected chi connectivity index (χ0v) is 11.4. The Balaban J connectivity index is 2.12. The molecule has 1 aromatic heterocycles. The molecule has 0 radical (unpaired) electrons. The van der Waals surface area contributed by atoms with Crippen LogP contribution in [0.25, 0.3) is 0 Å². The summed E-state index contributed by atoms with van der Waals surface area (Å²) >= 11 is 5.30. The summed E-state index contributed by atoms with van der Waals surface area (Å²) in [6, 6.07) is 3.97. The third-order valence-corrected chi connectivity index (χ3v) is 3.88. The van der Waals surface area contributed by atoms with E-state index in [1.165, 1.54) is 12.8 Å². The Bertz CT molecular complexity index is 281. The van der Waals surface area contributed by atoms with Crippen molar-refractivity contribution >= 4 is 27.7 Å². The zero-order valence-electron chi connectivity index (χ0n) is 9.00. The van der Waals surface area contributed by atoms with E-state index in [0.717, 1.165) is 28.3 Å². The molecule has 4 heteroatoms. The minimum atomic E-state index is 1.09. The maximum absolute atomic E-state index is 4.31. The smallest absolute Gasteiger partial charge is 0.110 e. The average Bonchev–Trinajstić information content (AvgIpc) is 2.25. The molecule has 2 nitrogen and oxygen atoms in total. The van der Waals surface area contributed by atoms with E-state index in [0.29, 0.717) is 0 Å². The fraction of sp³-hybridized carbons (Fsp3) is 0.545. The molecule has 0 atom stereocenters. The number of hydrogen-bond acceptors (Lipinski definition) is 3. The van der Waals surface area contributed by atoms with Crippen LogP contribution in [0, 0.1) is 0 Å². The van der Waals surface area contributed by atoms with Crippen LogP contribution in [0.5, 0.6) is 0 Å². The summed E-state index contributed by atoms with van der Waals surface area (Å²) in [4.78, 5) is 4.31. The number of nitrogens with zero attached hydrogens (tertiary/aromatic N) is 1. The van der Waals surface area contributed by atoms with E-state index < -0.39 is 0 Å². The summed E-state index contributed by atoms with van der Waals surface area (Å²) < 4.78 is 1.09. The third kappa shape index (κ3) is 5.54. The first-order valence-corrected chi connectivity index (χ1v) is 7.06. The van der Waals surface area contributed by atoms with Crippen LogP contribution in [0.4, 0.5) is 0 Å². The SMILES string of the molecule is CCCNCCCSc1ncccc1Br. The molecular formula is C11H17BrN2S. The van der Waals surface area contributed by atoms with Gasteiger partial charge in [0.2, 0.25) is 0 Å². The number of halogens is 1. The van der Waals surface area contributed by atoms with Gasteiger partial charge in [0.15, 0.2) is 0 Å². The summed E-state index contributed by atoms with van der Waals surface area (Å²) in [5.74, 6) is 1.12. The first kappa shape index (κ1) is 13.0. The molecule has 0 aromatic carbocycles. The van der Waals surface area contributed by atoms with Crippen LogP contribution in [0.3, 0.4) is 0 Å². The monoisotopic (exact) mass is 288 g/mol. The Hall–Kier alpha value is -0.0600. The third-order valence-electron chi connectivity index (χ3n) is 1.89. The molecule has 15 heavy (non-hydrogen) atoms. The molecule has 0 amide bonds. The number of rotatable bonds is 7. The van der Waals surface area contributed by atoms with E-state index in [-0.39, 0.29) is 0 Å². The van der Waals surface area contributed by atoms with E-state index in [1.54, 1.807) is 0 Å². The lowest BCUT2D eigenvalue weighted by atomic mass is 10.4. The maximum atomic E-state index is 4.31. The molecule has 1 aromatic rings. The molecule has 0 saturated carbocycles. The molecule has 0 spiro atoms. The summed E-state index contributed by atoms with van der Waals surface area (Å²) in [7, 11) is 0. The van der Waals surface area contributed by atoms with Crippen molar-refractivity contribution in [2.75, 3.05) is 18.8 Å². The summed E-state index contributed by atoms with van der Waals surface area (Å²) in [6.45, 7) is 4.41. The van der Waals surface area contributed by atoms with Gasteiger partial charge in [-0.3, -0.25) is 0 Å². The zero-order chi connectivity index (χ0) is 10.9. The highest BCUT2D eigenvalue weighted by molar-refractivity contribution is 9.10. The Morgan fingerprint density at radius 1 is 1.47 bits per heavy atom. The Morgan fingerprint density at radius 2 is 2.33 bits per heavy atom. The highest BCUT2D eigenvalue weighted by Gasteiger charge is 1.99. The molecule has 0 aliphatic heterocycles. The van der Waals surface area contributed by atoms with Gasteiger partial charge in [0.1, 0.15) is 5.03 Å². The van der Waals surface area contributed by atoms with Crippen molar-refractivity contribution in [3.63, 3.8) is 0 Å². The number of hydrogen-bond donors (Lipinski definition) is 1. The quantitative estimate of drug-likeness (QED) is 0.615. The average molecular weight is 289 g/mol. The van der Waals surface area contributed by atoms with Crippen molar-refractivity contribution in [1.29, 1.82) is 0 Å². The molecule has 0 saturated heterocycles. The standard InChI is InChI=1S/C11H17BrN2S/c1-2-6-13-7-4-9-15-11-10(12)5-3-8-14-11/h3,5,8,13H,2,4,6-7,9H2,1H3. The van der Waals surface area contributed by atoms with Gasteiger partial charge in [0.05, 0.1) is 0 Å². The van der Waals surface area contributed by atoms with E-state index in [4.69, 9.17) is 0 Å². The summed E-state index contributed by atoms with van der Waals surface area (Å²) in [5.41, 5.74) is 0. The van der Waals surface area contributed by atoms with Crippen molar-refractivity contribution in [2.24, 2.45) is 0 Å². The van der Waals surface area contributed by atoms with Crippen molar-refractivity contribution in [3.05, 3.63) is 22.8 Å². The number of pyridine rings is 1. The predicted octanol–water partition coefficient (Wildman–Crippen LogP) is 3.33. The van der Waals surface area contributed by atoms with Crippen LogP contribution in [-0.2, 0) is 0 Å². The molecule has 84 valence electrons. The van der Waals surface area contributed by atoms with Gasteiger partial charge in [0.25, 0.3) is 0 Å². The van der Waals surface area contributed by atoms with Crippen LogP contribution < -0.4 is 5.32 Å². The molecule has 0 unspecified atom stereocenters. The van der Waals surface area contributed by atoms with E-state index in [9.17, 15) is 0 Å². The van der Waals surface area contributed by atoms with Crippen molar-refractivity contribution in [3.8, 4) is 0 Å². The Morgan fingerprint density at radius 3 is 3.07 bits per heavy atom. The van der Waals surface area contributed by atoms with Crippen LogP contribution in [-0.4, -0.2) is 23.8 Å². The van der Waals surface area contributed by atoms with Crippen LogP contribution in [0.1, 0.15) is 19.8 Å². The lowest BCUT2D eigenvalue weighted by Crippen LogP contribution is -2.16. The summed E-state index contributed by atoms with van der Waals surface area (Å²) in [5, 5.41) is 4.48. The largest absolute Gasteiger partial charge is 0.317 e. The number of thioether (sulfide) groups is 1. The van der Waals surface area contributed by atoms with Crippen molar-refractivity contribution in [2.45, 2.75) is 24.8 Å². The van der Waals surface area contributed by atoms with Crippen LogP contribution in [0.15, 0.2) is 27.8 Å². The molecule has 0 aliphatic carbocycles. The first-order valence-electron chi connectivity index (χ1n) is 5.28. The minimum Gasteiger partial charge on any atom is -0.317 e. The van der Waals surface area contributed by atoms with Gasteiger partial charge in [-0.15, -0.1) is 11.8 Å². The lowest BCUT2D eigenvalue weighted by molar-refractivity contribution is 0.664. The van der Waals surface area contributed by atoms with Gasteiger partial charge < -0.3 is 5.32 Å². The van der Waals surface area contributed by atoms with Gasteiger partial charge in [-0.2, -0.15) is 0 Å².